The van der Waals surface area contributed by atoms with Crippen LogP contribution in [0, 0.1) is 3.57 Å². The number of rotatable bonds is 2. The molecule has 1 rings (SSSR count). The topological polar surface area (TPSA) is 60.2 Å². The minimum absolute atomic E-state index is 0.599. The molecule has 0 unspecified atom stereocenters. The van der Waals surface area contributed by atoms with Crippen molar-refractivity contribution in [1.82, 2.24) is 4.98 Å². The molecule has 5 heteroatoms. The van der Waals surface area contributed by atoms with Crippen molar-refractivity contribution in [2.24, 2.45) is 5.84 Å². The van der Waals surface area contributed by atoms with Gasteiger partial charge in [0.2, 0.25) is 0 Å². The van der Waals surface area contributed by atoms with E-state index in [2.05, 4.69) is 33.0 Å². The van der Waals surface area contributed by atoms with Gasteiger partial charge in [0.1, 0.15) is 11.6 Å². The van der Waals surface area contributed by atoms with E-state index in [4.69, 9.17) is 10.6 Å². The smallest absolute Gasteiger partial charge is 0.143 e. The molecule has 0 aliphatic heterocycles. The molecule has 0 saturated carbocycles. The number of methoxy groups -OCH3 is 1. The average Bonchev–Trinajstić information content (AvgIpc) is 2.05. The third-order valence-corrected chi connectivity index (χ3v) is 2.00. The number of hydrazine groups is 1. The van der Waals surface area contributed by atoms with Crippen LogP contribution in [0.2, 0.25) is 0 Å². The van der Waals surface area contributed by atoms with Crippen molar-refractivity contribution in [2.75, 3.05) is 12.5 Å². The van der Waals surface area contributed by atoms with Gasteiger partial charge in [-0.05, 0) is 22.6 Å². The number of nitrogens with zero attached hydrogens (tertiary/aromatic N) is 1. The lowest BCUT2D eigenvalue weighted by Gasteiger charge is -2.04. The second-order valence-corrected chi connectivity index (χ2v) is 3.01. The lowest BCUT2D eigenvalue weighted by atomic mass is 10.4. The SMILES string of the molecule is COc1cc(NN)ncc1I. The van der Waals surface area contributed by atoms with Gasteiger partial charge in [-0.25, -0.2) is 10.8 Å². The monoisotopic (exact) mass is 265 g/mol. The molecule has 0 fully saturated rings. The second-order valence-electron chi connectivity index (χ2n) is 1.85. The molecule has 1 aromatic rings. The first-order valence-corrected chi connectivity index (χ1v) is 4.02. The van der Waals surface area contributed by atoms with E-state index in [-0.39, 0.29) is 0 Å². The number of nitrogens with one attached hydrogen (secondary N) is 1. The molecule has 1 heterocycles. The number of hydrogen-bond acceptors (Lipinski definition) is 4. The van der Waals surface area contributed by atoms with E-state index in [9.17, 15) is 0 Å². The summed E-state index contributed by atoms with van der Waals surface area (Å²) in [4.78, 5) is 3.98. The Morgan fingerprint density at radius 2 is 2.45 bits per heavy atom. The molecule has 0 amide bonds. The molecule has 4 nitrogen and oxygen atoms in total. The summed E-state index contributed by atoms with van der Waals surface area (Å²) in [6.45, 7) is 0. The first-order valence-electron chi connectivity index (χ1n) is 2.94. The van der Waals surface area contributed by atoms with Crippen molar-refractivity contribution in [2.45, 2.75) is 0 Å². The molecule has 0 saturated heterocycles. The van der Waals surface area contributed by atoms with Gasteiger partial charge < -0.3 is 10.2 Å². The molecule has 0 spiro atoms. The first-order chi connectivity index (χ1) is 5.27. The Balaban J connectivity index is 3.02. The number of nitrogens with two attached hydrogens (primary N) is 1. The molecule has 0 aliphatic carbocycles. The van der Waals surface area contributed by atoms with Crippen molar-refractivity contribution < 1.29 is 4.74 Å². The van der Waals surface area contributed by atoms with Crippen LogP contribution in [0.5, 0.6) is 5.75 Å². The second kappa shape index (κ2) is 3.72. The number of pyridine rings is 1. The lowest BCUT2D eigenvalue weighted by Crippen LogP contribution is -2.08. The number of ether oxygens (including phenoxy) is 1. The minimum Gasteiger partial charge on any atom is -0.495 e. The van der Waals surface area contributed by atoms with Gasteiger partial charge in [-0.2, -0.15) is 0 Å². The van der Waals surface area contributed by atoms with Gasteiger partial charge in [0.05, 0.1) is 10.7 Å². The van der Waals surface area contributed by atoms with Crippen LogP contribution >= 0.6 is 22.6 Å². The number of anilines is 1. The highest BCUT2D eigenvalue weighted by Crippen LogP contribution is 2.21. The first kappa shape index (κ1) is 8.54. The minimum atomic E-state index is 0.599. The zero-order chi connectivity index (χ0) is 8.27. The molecule has 1 aromatic heterocycles. The van der Waals surface area contributed by atoms with E-state index in [0.717, 1.165) is 9.32 Å². The van der Waals surface area contributed by atoms with Crippen LogP contribution in [-0.2, 0) is 0 Å². The maximum atomic E-state index is 5.15. The van der Waals surface area contributed by atoms with Crippen LogP contribution in [0.1, 0.15) is 0 Å². The molecular weight excluding hydrogens is 257 g/mol. The normalized spacial score (nSPS) is 9.36. The highest BCUT2D eigenvalue weighted by Gasteiger charge is 2.00. The molecule has 0 atom stereocenters. The summed E-state index contributed by atoms with van der Waals surface area (Å²) in [6, 6.07) is 1.74. The quantitative estimate of drug-likeness (QED) is 0.475. The fourth-order valence-electron chi connectivity index (χ4n) is 0.656. The van der Waals surface area contributed by atoms with Gasteiger partial charge in [-0.1, -0.05) is 0 Å². The Morgan fingerprint density at radius 1 is 1.73 bits per heavy atom. The summed E-state index contributed by atoms with van der Waals surface area (Å²) in [5.41, 5.74) is 2.43. The summed E-state index contributed by atoms with van der Waals surface area (Å²) in [5.74, 6) is 6.52. The Bertz CT molecular complexity index is 254. The summed E-state index contributed by atoms with van der Waals surface area (Å²) >= 11 is 2.14. The molecule has 11 heavy (non-hydrogen) atoms. The molecule has 0 bridgehead atoms. The average molecular weight is 265 g/mol. The van der Waals surface area contributed by atoms with Gasteiger partial charge in [0.25, 0.3) is 0 Å². The predicted molar refractivity (Wildman–Crippen MR) is 51.3 cm³/mol. The summed E-state index contributed by atoms with van der Waals surface area (Å²) in [5, 5.41) is 0. The standard InChI is InChI=1S/C6H8IN3O/c1-11-5-2-6(10-8)9-3-4(5)7/h2-3H,8H2,1H3,(H,9,10). The third-order valence-electron chi connectivity index (χ3n) is 1.19. The van der Waals surface area contributed by atoms with Crippen LogP contribution < -0.4 is 16.0 Å². The van der Waals surface area contributed by atoms with E-state index in [1.54, 1.807) is 19.4 Å². The number of halogens is 1. The van der Waals surface area contributed by atoms with E-state index in [1.807, 2.05) is 0 Å². The molecule has 0 aromatic carbocycles. The number of aromatic nitrogens is 1. The van der Waals surface area contributed by atoms with E-state index in [0.29, 0.717) is 5.82 Å². The van der Waals surface area contributed by atoms with Gasteiger partial charge in [0.15, 0.2) is 0 Å². The van der Waals surface area contributed by atoms with Crippen LogP contribution in [-0.4, -0.2) is 12.1 Å². The van der Waals surface area contributed by atoms with E-state index >= 15 is 0 Å². The highest BCUT2D eigenvalue weighted by atomic mass is 127. The van der Waals surface area contributed by atoms with Crippen molar-refractivity contribution in [1.29, 1.82) is 0 Å². The Kier molecular flexibility index (Phi) is 2.89. The summed E-state index contributed by atoms with van der Waals surface area (Å²) in [6.07, 6.45) is 1.69. The van der Waals surface area contributed by atoms with Gasteiger partial charge >= 0.3 is 0 Å². The lowest BCUT2D eigenvalue weighted by molar-refractivity contribution is 0.411. The number of nitrogen functional groups attached to an aromatic ring is 1. The zero-order valence-electron chi connectivity index (χ0n) is 5.97. The molecule has 60 valence electrons. The number of hydrogen-bond donors (Lipinski definition) is 2. The fraction of sp³-hybridized carbons (Fsp3) is 0.167. The van der Waals surface area contributed by atoms with E-state index < -0.39 is 0 Å². The van der Waals surface area contributed by atoms with Crippen molar-refractivity contribution in [3.8, 4) is 5.75 Å². The van der Waals surface area contributed by atoms with E-state index in [1.165, 1.54) is 0 Å². The van der Waals surface area contributed by atoms with Crippen LogP contribution in [0.15, 0.2) is 12.3 Å². The Hall–Kier alpha value is -0.560. The van der Waals surface area contributed by atoms with Gasteiger partial charge in [-0.3, -0.25) is 0 Å². The molecule has 0 radical (unpaired) electrons. The predicted octanol–water partition coefficient (Wildman–Crippen LogP) is 0.980. The molecule has 3 N–H and O–H groups in total. The molecular formula is C6H8IN3O. The Morgan fingerprint density at radius 3 is 3.00 bits per heavy atom. The fourth-order valence-corrected chi connectivity index (χ4v) is 1.17. The molecule has 0 aliphatic rings. The van der Waals surface area contributed by atoms with Crippen LogP contribution in [0.3, 0.4) is 0 Å². The van der Waals surface area contributed by atoms with Crippen molar-refractivity contribution in [3.05, 3.63) is 15.8 Å². The maximum absolute atomic E-state index is 5.15. The summed E-state index contributed by atoms with van der Waals surface area (Å²) < 4.78 is 6.01. The van der Waals surface area contributed by atoms with Gasteiger partial charge in [0, 0.05) is 12.3 Å². The zero-order valence-corrected chi connectivity index (χ0v) is 8.12. The van der Waals surface area contributed by atoms with Crippen LogP contribution in [0.25, 0.3) is 0 Å². The Labute approximate surface area is 78.3 Å². The summed E-state index contributed by atoms with van der Waals surface area (Å²) in [7, 11) is 1.61. The van der Waals surface area contributed by atoms with Crippen LogP contribution in [0.4, 0.5) is 5.82 Å². The highest BCUT2D eigenvalue weighted by molar-refractivity contribution is 14.1. The third kappa shape index (κ3) is 1.93. The maximum Gasteiger partial charge on any atom is 0.143 e. The largest absolute Gasteiger partial charge is 0.495 e. The van der Waals surface area contributed by atoms with Crippen molar-refractivity contribution >= 4 is 28.4 Å². The van der Waals surface area contributed by atoms with Gasteiger partial charge in [-0.15, -0.1) is 0 Å². The van der Waals surface area contributed by atoms with Crippen molar-refractivity contribution in [3.63, 3.8) is 0 Å².